The van der Waals surface area contributed by atoms with Gasteiger partial charge in [0, 0.05) is 58.2 Å². The molecule has 0 fully saturated rings. The smallest absolute Gasteiger partial charge is 0.0561 e. The third kappa shape index (κ3) is 4.45. The van der Waals surface area contributed by atoms with E-state index in [1.807, 2.05) is 11.3 Å². The molecular formula is C42H27BrN2S. The van der Waals surface area contributed by atoms with Crippen LogP contribution in [0.2, 0.25) is 0 Å². The minimum absolute atomic E-state index is 1.09. The fraction of sp³-hybridized carbons (Fsp3) is 0. The summed E-state index contributed by atoms with van der Waals surface area (Å²) in [5, 5.41) is 5.15. The molecule has 2 aromatic heterocycles. The first-order chi connectivity index (χ1) is 22.7. The molecule has 0 bridgehead atoms. The van der Waals surface area contributed by atoms with E-state index in [1.54, 1.807) is 0 Å². The largest absolute Gasteiger partial charge is 0.310 e. The van der Waals surface area contributed by atoms with Crippen LogP contribution in [-0.2, 0) is 0 Å². The Balaban J connectivity index is 1.27. The Morgan fingerprint density at radius 2 is 1.11 bits per heavy atom. The normalized spacial score (nSPS) is 11.6. The molecule has 0 saturated heterocycles. The Morgan fingerprint density at radius 3 is 1.91 bits per heavy atom. The van der Waals surface area contributed by atoms with Gasteiger partial charge in [-0.25, -0.2) is 0 Å². The van der Waals surface area contributed by atoms with Gasteiger partial charge in [-0.2, -0.15) is 0 Å². The highest BCUT2D eigenvalue weighted by Crippen LogP contribution is 2.43. The molecule has 0 saturated carbocycles. The summed E-state index contributed by atoms with van der Waals surface area (Å²) in [7, 11) is 0. The monoisotopic (exact) mass is 670 g/mol. The number of anilines is 3. The Hall–Kier alpha value is -5.16. The molecule has 46 heavy (non-hydrogen) atoms. The number of thiophene rings is 1. The maximum absolute atomic E-state index is 3.73. The zero-order chi connectivity index (χ0) is 30.6. The molecule has 9 aromatic rings. The van der Waals surface area contributed by atoms with E-state index in [0.29, 0.717) is 0 Å². The van der Waals surface area contributed by atoms with E-state index in [0.717, 1.165) is 27.2 Å². The maximum Gasteiger partial charge on any atom is 0.0561 e. The molecule has 4 heteroatoms. The first-order valence-corrected chi connectivity index (χ1v) is 17.0. The van der Waals surface area contributed by atoms with Gasteiger partial charge in [-0.1, -0.05) is 107 Å². The number of benzene rings is 7. The van der Waals surface area contributed by atoms with E-state index in [2.05, 4.69) is 189 Å². The van der Waals surface area contributed by atoms with Crippen LogP contribution in [0, 0.1) is 0 Å². The highest BCUT2D eigenvalue weighted by Gasteiger charge is 2.19. The van der Waals surface area contributed by atoms with Gasteiger partial charge in [-0.3, -0.25) is 0 Å². The van der Waals surface area contributed by atoms with Crippen molar-refractivity contribution in [1.82, 2.24) is 4.57 Å². The molecule has 2 nitrogen and oxygen atoms in total. The Kier molecular flexibility index (Phi) is 6.51. The average Bonchev–Trinajstić information content (AvgIpc) is 3.63. The molecule has 0 atom stereocenters. The maximum atomic E-state index is 3.73. The summed E-state index contributed by atoms with van der Waals surface area (Å²) < 4.78 is 6.17. The van der Waals surface area contributed by atoms with Crippen molar-refractivity contribution in [3.63, 3.8) is 0 Å². The number of hydrogen-bond donors (Lipinski definition) is 0. The summed E-state index contributed by atoms with van der Waals surface area (Å²) in [6.45, 7) is 0. The standard InChI is InChI=1S/C42H27BrN2S/c43-38-17-9-7-15-33(38)28-19-21-31(22-20-28)44(29-11-3-1-4-12-29)32-23-24-34-36-27-42-37(35-16-8-10-18-41(35)46-42)26-40(36)45(39(34)25-32)30-13-5-2-6-14-30/h1-27H. The van der Waals surface area contributed by atoms with Crippen molar-refractivity contribution in [2.24, 2.45) is 0 Å². The zero-order valence-electron chi connectivity index (χ0n) is 24.8. The predicted octanol–water partition coefficient (Wildman–Crippen LogP) is 13.1. The summed E-state index contributed by atoms with van der Waals surface area (Å²) in [5.74, 6) is 0. The highest BCUT2D eigenvalue weighted by atomic mass is 79.9. The van der Waals surface area contributed by atoms with Gasteiger partial charge in [-0.15, -0.1) is 11.3 Å². The topological polar surface area (TPSA) is 8.17 Å². The van der Waals surface area contributed by atoms with E-state index in [9.17, 15) is 0 Å². The quantitative estimate of drug-likeness (QED) is 0.177. The molecule has 0 aliphatic rings. The van der Waals surface area contributed by atoms with Crippen molar-refractivity contribution in [2.75, 3.05) is 4.90 Å². The lowest BCUT2D eigenvalue weighted by Crippen LogP contribution is -2.10. The predicted molar refractivity (Wildman–Crippen MR) is 201 cm³/mol. The number of halogens is 1. The van der Waals surface area contributed by atoms with Crippen LogP contribution in [0.4, 0.5) is 17.1 Å². The van der Waals surface area contributed by atoms with Gasteiger partial charge >= 0.3 is 0 Å². The molecule has 0 spiro atoms. The zero-order valence-corrected chi connectivity index (χ0v) is 27.2. The first-order valence-electron chi connectivity index (χ1n) is 15.4. The van der Waals surface area contributed by atoms with Gasteiger partial charge in [0.2, 0.25) is 0 Å². The van der Waals surface area contributed by atoms with E-state index < -0.39 is 0 Å². The molecule has 7 aromatic carbocycles. The van der Waals surface area contributed by atoms with Crippen molar-refractivity contribution < 1.29 is 0 Å². The minimum Gasteiger partial charge on any atom is -0.310 e. The Morgan fingerprint density at radius 1 is 0.457 bits per heavy atom. The third-order valence-corrected chi connectivity index (χ3v) is 10.7. The Labute approximate surface area is 279 Å². The number of nitrogens with zero attached hydrogens (tertiary/aromatic N) is 2. The average molecular weight is 672 g/mol. The highest BCUT2D eigenvalue weighted by molar-refractivity contribution is 9.10. The summed E-state index contributed by atoms with van der Waals surface area (Å²) in [4.78, 5) is 2.35. The van der Waals surface area contributed by atoms with Crippen LogP contribution in [0.5, 0.6) is 0 Å². The van der Waals surface area contributed by atoms with Crippen molar-refractivity contribution >= 4 is 86.3 Å². The molecule has 0 N–H and O–H groups in total. The molecule has 0 aliphatic heterocycles. The van der Waals surface area contributed by atoms with Crippen LogP contribution in [0.3, 0.4) is 0 Å². The molecule has 0 radical (unpaired) electrons. The molecule has 0 unspecified atom stereocenters. The van der Waals surface area contributed by atoms with Gasteiger partial charge in [0.1, 0.15) is 0 Å². The van der Waals surface area contributed by atoms with Crippen LogP contribution >= 0.6 is 27.3 Å². The van der Waals surface area contributed by atoms with E-state index in [1.165, 1.54) is 53.1 Å². The molecule has 0 aliphatic carbocycles. The van der Waals surface area contributed by atoms with Gasteiger partial charge in [-0.05, 0) is 83.9 Å². The Bertz CT molecular complexity index is 2530. The van der Waals surface area contributed by atoms with Crippen molar-refractivity contribution in [3.8, 4) is 16.8 Å². The molecule has 0 amide bonds. The minimum atomic E-state index is 1.09. The van der Waals surface area contributed by atoms with Gasteiger partial charge < -0.3 is 9.47 Å². The van der Waals surface area contributed by atoms with Gasteiger partial charge in [0.25, 0.3) is 0 Å². The summed E-state index contributed by atoms with van der Waals surface area (Å²) in [5.41, 5.74) is 9.26. The lowest BCUT2D eigenvalue weighted by atomic mass is 10.0. The van der Waals surface area contributed by atoms with Gasteiger partial charge in [0.15, 0.2) is 0 Å². The fourth-order valence-electron chi connectivity index (χ4n) is 6.73. The number of hydrogen-bond acceptors (Lipinski definition) is 2. The number of para-hydroxylation sites is 2. The second-order valence-electron chi connectivity index (χ2n) is 11.5. The molecular weight excluding hydrogens is 644 g/mol. The molecule has 2 heterocycles. The lowest BCUT2D eigenvalue weighted by molar-refractivity contribution is 1.18. The second-order valence-corrected chi connectivity index (χ2v) is 13.5. The SMILES string of the molecule is Brc1ccccc1-c1ccc(N(c2ccccc2)c2ccc3c4cc5sc6ccccc6c5cc4n(-c4ccccc4)c3c2)cc1. The van der Waals surface area contributed by atoms with Crippen molar-refractivity contribution in [3.05, 3.63) is 168 Å². The summed E-state index contributed by atoms with van der Waals surface area (Å²) in [6.07, 6.45) is 0. The second kappa shape index (κ2) is 11.0. The van der Waals surface area contributed by atoms with E-state index >= 15 is 0 Å². The van der Waals surface area contributed by atoms with Crippen LogP contribution in [0.1, 0.15) is 0 Å². The van der Waals surface area contributed by atoms with Gasteiger partial charge in [0.05, 0.1) is 11.0 Å². The van der Waals surface area contributed by atoms with Crippen molar-refractivity contribution in [1.29, 1.82) is 0 Å². The number of fused-ring (bicyclic) bond motifs is 6. The number of aromatic nitrogens is 1. The van der Waals surface area contributed by atoms with E-state index in [-0.39, 0.29) is 0 Å². The third-order valence-electron chi connectivity index (χ3n) is 8.85. The van der Waals surface area contributed by atoms with Crippen LogP contribution in [-0.4, -0.2) is 4.57 Å². The van der Waals surface area contributed by atoms with Crippen molar-refractivity contribution in [2.45, 2.75) is 0 Å². The first kappa shape index (κ1) is 27.2. The van der Waals surface area contributed by atoms with Crippen LogP contribution in [0.25, 0.3) is 58.8 Å². The summed E-state index contributed by atoms with van der Waals surface area (Å²) >= 11 is 5.60. The van der Waals surface area contributed by atoms with Crippen LogP contribution in [0.15, 0.2) is 168 Å². The lowest BCUT2D eigenvalue weighted by Gasteiger charge is -2.26. The molecule has 9 rings (SSSR count). The summed E-state index contributed by atoms with van der Waals surface area (Å²) in [6, 6.07) is 59.1. The molecule has 218 valence electrons. The number of rotatable bonds is 5. The fourth-order valence-corrected chi connectivity index (χ4v) is 8.37. The van der Waals surface area contributed by atoms with E-state index in [4.69, 9.17) is 0 Å². The van der Waals surface area contributed by atoms with Crippen LogP contribution < -0.4 is 4.90 Å².